The summed E-state index contributed by atoms with van der Waals surface area (Å²) in [4.78, 5) is 26.1. The summed E-state index contributed by atoms with van der Waals surface area (Å²) in [5.74, 6) is -3.67. The largest absolute Gasteiger partial charge is 0.457 e. The lowest BCUT2D eigenvalue weighted by Gasteiger charge is -2.39. The molecular weight excluding hydrogens is 385 g/mol. The van der Waals surface area contributed by atoms with Gasteiger partial charge >= 0.3 is 12.1 Å². The zero-order chi connectivity index (χ0) is 21.6. The number of alkyl halides is 3. The first kappa shape index (κ1) is 21.0. The second-order valence-corrected chi connectivity index (χ2v) is 8.10. The third-order valence-electron chi connectivity index (χ3n) is 4.89. The minimum absolute atomic E-state index is 0.0987. The van der Waals surface area contributed by atoms with Crippen LogP contribution in [-0.4, -0.2) is 28.1 Å². The Labute approximate surface area is 166 Å². The highest BCUT2D eigenvalue weighted by atomic mass is 19.4. The van der Waals surface area contributed by atoms with Gasteiger partial charge in [-0.2, -0.15) is 13.2 Å². The van der Waals surface area contributed by atoms with Gasteiger partial charge in [-0.25, -0.2) is 4.79 Å². The van der Waals surface area contributed by atoms with Crippen molar-refractivity contribution < 1.29 is 32.6 Å². The van der Waals surface area contributed by atoms with E-state index in [1.54, 1.807) is 39.0 Å². The Morgan fingerprint density at radius 1 is 1.07 bits per heavy atom. The molecule has 0 radical (unpaired) electrons. The Hall–Kier alpha value is -2.67. The lowest BCUT2D eigenvalue weighted by molar-refractivity contribution is -0.174. The number of ketones is 1. The van der Waals surface area contributed by atoms with Crippen LogP contribution in [0.4, 0.5) is 13.2 Å². The molecule has 0 amide bonds. The van der Waals surface area contributed by atoms with Crippen LogP contribution in [0.25, 0.3) is 0 Å². The van der Waals surface area contributed by atoms with Crippen molar-refractivity contribution >= 4 is 11.8 Å². The van der Waals surface area contributed by atoms with E-state index in [0.29, 0.717) is 5.56 Å². The molecule has 1 aliphatic rings. The monoisotopic (exact) mass is 406 g/mol. The quantitative estimate of drug-likeness (QED) is 0.597. The van der Waals surface area contributed by atoms with Crippen LogP contribution in [0.3, 0.4) is 0 Å². The topological polar surface area (TPSA) is 63.6 Å². The summed E-state index contributed by atoms with van der Waals surface area (Å²) in [5, 5.41) is 11.3. The second kappa shape index (κ2) is 6.99. The molecule has 2 atom stereocenters. The van der Waals surface area contributed by atoms with Gasteiger partial charge in [0.05, 0.1) is 5.56 Å². The number of ether oxygens (including phenoxy) is 1. The summed E-state index contributed by atoms with van der Waals surface area (Å²) in [6.45, 7) is 4.65. The second-order valence-electron chi connectivity index (χ2n) is 8.10. The van der Waals surface area contributed by atoms with E-state index >= 15 is 0 Å². The van der Waals surface area contributed by atoms with Crippen molar-refractivity contribution in [2.24, 2.45) is 0 Å². The van der Waals surface area contributed by atoms with E-state index in [1.165, 1.54) is 24.3 Å². The Morgan fingerprint density at radius 2 is 1.66 bits per heavy atom. The molecule has 0 bridgehead atoms. The summed E-state index contributed by atoms with van der Waals surface area (Å²) < 4.78 is 46.2. The Morgan fingerprint density at radius 3 is 2.28 bits per heavy atom. The van der Waals surface area contributed by atoms with Gasteiger partial charge in [0.15, 0.2) is 0 Å². The number of esters is 1. The number of rotatable bonds is 2. The molecule has 7 heteroatoms. The maximum absolute atomic E-state index is 13.6. The Balaban J connectivity index is 2.23. The van der Waals surface area contributed by atoms with Crippen molar-refractivity contribution in [1.29, 1.82) is 0 Å². The van der Waals surface area contributed by atoms with Crippen LogP contribution in [-0.2, 0) is 22.1 Å². The fraction of sp³-hybridized carbons (Fsp3) is 0.364. The number of aliphatic hydroxyl groups is 1. The number of Topliss-reactive ketones (excluding diaryl/α,β-unsaturated/α-hetero) is 1. The molecule has 3 rings (SSSR count). The molecule has 0 saturated heterocycles. The zero-order valence-corrected chi connectivity index (χ0v) is 16.2. The Bertz CT molecular complexity index is 959. The molecule has 0 saturated carbocycles. The number of hydrogen-bond donors (Lipinski definition) is 1. The smallest absolute Gasteiger partial charge is 0.416 e. The highest BCUT2D eigenvalue weighted by molar-refractivity contribution is 6.17. The molecule has 0 aliphatic heterocycles. The molecule has 1 aliphatic carbocycles. The minimum atomic E-state index is -4.72. The molecule has 0 fully saturated rings. The SMILES string of the molecule is CC(C)(C)OC(=O)[C@]1(O)C(=O)c2ccccc2C[C@@H]1c1ccccc1C(F)(F)F. The van der Waals surface area contributed by atoms with E-state index < -0.39 is 40.6 Å². The highest BCUT2D eigenvalue weighted by Crippen LogP contribution is 2.45. The molecule has 29 heavy (non-hydrogen) atoms. The first-order chi connectivity index (χ1) is 13.4. The zero-order valence-electron chi connectivity index (χ0n) is 16.2. The fourth-order valence-corrected chi connectivity index (χ4v) is 3.64. The number of benzene rings is 2. The van der Waals surface area contributed by atoms with Crippen LogP contribution in [0.5, 0.6) is 0 Å². The van der Waals surface area contributed by atoms with Gasteiger partial charge in [-0.15, -0.1) is 0 Å². The van der Waals surface area contributed by atoms with Gasteiger partial charge in [-0.1, -0.05) is 42.5 Å². The maximum Gasteiger partial charge on any atom is 0.416 e. The average Bonchev–Trinajstić information content (AvgIpc) is 2.62. The number of carbonyl (C=O) groups excluding carboxylic acids is 2. The number of halogens is 3. The van der Waals surface area contributed by atoms with Crippen LogP contribution in [0.2, 0.25) is 0 Å². The predicted octanol–water partition coefficient (Wildman–Crippen LogP) is 4.30. The fourth-order valence-electron chi connectivity index (χ4n) is 3.64. The van der Waals surface area contributed by atoms with Crippen molar-refractivity contribution in [3.63, 3.8) is 0 Å². The summed E-state index contributed by atoms with van der Waals surface area (Å²) >= 11 is 0. The van der Waals surface area contributed by atoms with Gasteiger partial charge in [0.25, 0.3) is 0 Å². The number of hydrogen-bond acceptors (Lipinski definition) is 4. The molecule has 154 valence electrons. The molecule has 0 heterocycles. The first-order valence-electron chi connectivity index (χ1n) is 9.10. The van der Waals surface area contributed by atoms with E-state index in [-0.39, 0.29) is 17.5 Å². The van der Waals surface area contributed by atoms with Gasteiger partial charge in [-0.05, 0) is 44.4 Å². The average molecular weight is 406 g/mol. The van der Waals surface area contributed by atoms with Crippen LogP contribution < -0.4 is 0 Å². The van der Waals surface area contributed by atoms with Crippen LogP contribution in [0, 0.1) is 0 Å². The van der Waals surface area contributed by atoms with Crippen LogP contribution in [0.15, 0.2) is 48.5 Å². The molecule has 0 spiro atoms. The van der Waals surface area contributed by atoms with Gasteiger partial charge in [0.1, 0.15) is 5.60 Å². The normalized spacial score (nSPS) is 22.2. The van der Waals surface area contributed by atoms with Crippen LogP contribution in [0.1, 0.15) is 53.7 Å². The van der Waals surface area contributed by atoms with Gasteiger partial charge in [0.2, 0.25) is 11.4 Å². The van der Waals surface area contributed by atoms with Crippen molar-refractivity contribution in [2.45, 2.75) is 50.5 Å². The molecule has 4 nitrogen and oxygen atoms in total. The van der Waals surface area contributed by atoms with Crippen molar-refractivity contribution in [1.82, 2.24) is 0 Å². The Kier molecular flexibility index (Phi) is 5.07. The number of fused-ring (bicyclic) bond motifs is 1. The minimum Gasteiger partial charge on any atom is -0.457 e. The third-order valence-corrected chi connectivity index (χ3v) is 4.89. The number of carbonyl (C=O) groups is 2. The van der Waals surface area contributed by atoms with Gasteiger partial charge in [0, 0.05) is 11.5 Å². The van der Waals surface area contributed by atoms with E-state index in [0.717, 1.165) is 6.07 Å². The lowest BCUT2D eigenvalue weighted by Crippen LogP contribution is -2.57. The van der Waals surface area contributed by atoms with Gasteiger partial charge < -0.3 is 9.84 Å². The standard InChI is InChI=1S/C22H21F3O4/c1-20(2,3)29-19(27)21(28)17(12-13-8-4-5-9-14(13)18(21)26)15-10-6-7-11-16(15)22(23,24)25/h4-11,17,28H,12H2,1-3H3/t17-,21-/m1/s1. The summed E-state index contributed by atoms with van der Waals surface area (Å²) in [6.07, 6.45) is -4.84. The summed E-state index contributed by atoms with van der Waals surface area (Å²) in [7, 11) is 0. The summed E-state index contributed by atoms with van der Waals surface area (Å²) in [6, 6.07) is 10.9. The molecule has 0 unspecified atom stereocenters. The van der Waals surface area contributed by atoms with Gasteiger partial charge in [-0.3, -0.25) is 4.79 Å². The van der Waals surface area contributed by atoms with Crippen LogP contribution >= 0.6 is 0 Å². The molecule has 1 N–H and O–H groups in total. The third kappa shape index (κ3) is 3.79. The van der Waals surface area contributed by atoms with E-state index in [1.807, 2.05) is 0 Å². The highest BCUT2D eigenvalue weighted by Gasteiger charge is 2.57. The van der Waals surface area contributed by atoms with Crippen molar-refractivity contribution in [2.75, 3.05) is 0 Å². The van der Waals surface area contributed by atoms with E-state index in [9.17, 15) is 27.9 Å². The summed E-state index contributed by atoms with van der Waals surface area (Å²) in [5.41, 5.74) is -4.58. The van der Waals surface area contributed by atoms with E-state index in [4.69, 9.17) is 4.74 Å². The molecule has 2 aromatic carbocycles. The molecule has 2 aromatic rings. The molecule has 0 aromatic heterocycles. The lowest BCUT2D eigenvalue weighted by atomic mass is 9.67. The first-order valence-corrected chi connectivity index (χ1v) is 9.10. The predicted molar refractivity (Wildman–Crippen MR) is 99.5 cm³/mol. The maximum atomic E-state index is 13.6. The van der Waals surface area contributed by atoms with Crippen molar-refractivity contribution in [3.8, 4) is 0 Å². The van der Waals surface area contributed by atoms with E-state index in [2.05, 4.69) is 0 Å². The molecular formula is C22H21F3O4. The van der Waals surface area contributed by atoms with Crippen molar-refractivity contribution in [3.05, 3.63) is 70.8 Å².